The van der Waals surface area contributed by atoms with Gasteiger partial charge >= 0.3 is 11.9 Å². The number of hydrogen-bond acceptors (Lipinski definition) is 5. The minimum atomic E-state index is -1.24. The molecule has 0 amide bonds. The SMILES string of the molecule is CCc1occc1-c1nnc(C(=O)O)o1. The summed E-state index contributed by atoms with van der Waals surface area (Å²) < 4.78 is 10.1. The molecular formula is C9H8N2O4. The second-order valence-electron chi connectivity index (χ2n) is 2.83. The predicted octanol–water partition coefficient (Wildman–Crippen LogP) is 1.59. The van der Waals surface area contributed by atoms with E-state index in [0.29, 0.717) is 17.7 Å². The van der Waals surface area contributed by atoms with Crippen LogP contribution in [0, 0.1) is 0 Å². The first-order valence-corrected chi connectivity index (χ1v) is 4.36. The van der Waals surface area contributed by atoms with E-state index in [1.807, 2.05) is 6.92 Å². The van der Waals surface area contributed by atoms with Crippen LogP contribution in [0.2, 0.25) is 0 Å². The van der Waals surface area contributed by atoms with Gasteiger partial charge < -0.3 is 13.9 Å². The molecule has 0 saturated heterocycles. The van der Waals surface area contributed by atoms with E-state index in [0.717, 1.165) is 0 Å². The molecule has 0 radical (unpaired) electrons. The van der Waals surface area contributed by atoms with E-state index in [2.05, 4.69) is 10.2 Å². The number of nitrogens with zero attached hydrogens (tertiary/aromatic N) is 2. The van der Waals surface area contributed by atoms with Gasteiger partial charge in [-0.05, 0) is 6.07 Å². The lowest BCUT2D eigenvalue weighted by Crippen LogP contribution is -1.95. The Balaban J connectivity index is 2.41. The van der Waals surface area contributed by atoms with Crippen molar-refractivity contribution in [2.45, 2.75) is 13.3 Å². The largest absolute Gasteiger partial charge is 0.474 e. The van der Waals surface area contributed by atoms with E-state index in [-0.39, 0.29) is 5.89 Å². The molecule has 1 N–H and O–H groups in total. The summed E-state index contributed by atoms with van der Waals surface area (Å²) in [5, 5.41) is 15.6. The standard InChI is InChI=1S/C9H8N2O4/c1-2-6-5(3-4-14-6)7-10-11-8(15-7)9(12)13/h3-4H,2H2,1H3,(H,12,13). The van der Waals surface area contributed by atoms with Crippen LogP contribution in [-0.4, -0.2) is 21.3 Å². The summed E-state index contributed by atoms with van der Waals surface area (Å²) in [4.78, 5) is 10.5. The summed E-state index contributed by atoms with van der Waals surface area (Å²) in [5.41, 5.74) is 0.637. The van der Waals surface area contributed by atoms with Crippen LogP contribution in [0.5, 0.6) is 0 Å². The van der Waals surface area contributed by atoms with Gasteiger partial charge in [-0.3, -0.25) is 0 Å². The Kier molecular flexibility index (Phi) is 2.24. The van der Waals surface area contributed by atoms with Gasteiger partial charge in [-0.1, -0.05) is 6.92 Å². The molecule has 15 heavy (non-hydrogen) atoms. The van der Waals surface area contributed by atoms with Gasteiger partial charge in [0.1, 0.15) is 5.76 Å². The van der Waals surface area contributed by atoms with Crippen molar-refractivity contribution in [1.29, 1.82) is 0 Å². The molecular weight excluding hydrogens is 200 g/mol. The molecule has 0 saturated carbocycles. The summed E-state index contributed by atoms with van der Waals surface area (Å²) in [5.74, 6) is -0.808. The lowest BCUT2D eigenvalue weighted by Gasteiger charge is -1.92. The fourth-order valence-corrected chi connectivity index (χ4v) is 1.22. The zero-order valence-electron chi connectivity index (χ0n) is 7.93. The fourth-order valence-electron chi connectivity index (χ4n) is 1.22. The molecule has 6 heteroatoms. The molecule has 6 nitrogen and oxygen atoms in total. The summed E-state index contributed by atoms with van der Waals surface area (Å²) in [6, 6.07) is 1.66. The lowest BCUT2D eigenvalue weighted by atomic mass is 10.2. The average molecular weight is 208 g/mol. The number of carboxylic acid groups (broad SMARTS) is 1. The molecule has 0 aliphatic rings. The first-order chi connectivity index (χ1) is 7.22. The smallest absolute Gasteiger partial charge is 0.393 e. The highest BCUT2D eigenvalue weighted by Crippen LogP contribution is 2.23. The van der Waals surface area contributed by atoms with Gasteiger partial charge in [-0.15, -0.1) is 10.2 Å². The minimum Gasteiger partial charge on any atom is -0.474 e. The molecule has 2 heterocycles. The normalized spacial score (nSPS) is 10.5. The fraction of sp³-hybridized carbons (Fsp3) is 0.222. The summed E-state index contributed by atoms with van der Waals surface area (Å²) >= 11 is 0. The van der Waals surface area contributed by atoms with Crippen LogP contribution in [0.3, 0.4) is 0 Å². The Bertz CT molecular complexity index is 486. The summed E-state index contributed by atoms with van der Waals surface area (Å²) in [7, 11) is 0. The van der Waals surface area contributed by atoms with Crippen LogP contribution in [0.25, 0.3) is 11.5 Å². The van der Waals surface area contributed by atoms with Gasteiger partial charge in [0.05, 0.1) is 11.8 Å². The van der Waals surface area contributed by atoms with E-state index < -0.39 is 11.9 Å². The average Bonchev–Trinajstić information content (AvgIpc) is 2.85. The van der Waals surface area contributed by atoms with E-state index in [4.69, 9.17) is 13.9 Å². The molecule has 0 fully saturated rings. The number of hydrogen-bond donors (Lipinski definition) is 1. The van der Waals surface area contributed by atoms with Crippen LogP contribution in [0.15, 0.2) is 21.2 Å². The number of aromatic nitrogens is 2. The molecule has 2 rings (SSSR count). The van der Waals surface area contributed by atoms with Gasteiger partial charge in [0, 0.05) is 6.42 Å². The second-order valence-corrected chi connectivity index (χ2v) is 2.83. The second kappa shape index (κ2) is 3.56. The zero-order chi connectivity index (χ0) is 10.8. The first kappa shape index (κ1) is 9.45. The van der Waals surface area contributed by atoms with Crippen LogP contribution in [0.1, 0.15) is 23.4 Å². The van der Waals surface area contributed by atoms with E-state index in [1.54, 1.807) is 6.07 Å². The molecule has 0 aliphatic heterocycles. The number of carbonyl (C=O) groups is 1. The van der Waals surface area contributed by atoms with Crippen molar-refractivity contribution in [3.05, 3.63) is 24.0 Å². The molecule has 0 atom stereocenters. The topological polar surface area (TPSA) is 89.4 Å². The van der Waals surface area contributed by atoms with Crippen LogP contribution >= 0.6 is 0 Å². The van der Waals surface area contributed by atoms with Crippen molar-refractivity contribution < 1.29 is 18.7 Å². The van der Waals surface area contributed by atoms with Gasteiger partial charge in [0.2, 0.25) is 0 Å². The van der Waals surface area contributed by atoms with E-state index in [1.165, 1.54) is 6.26 Å². The Morgan fingerprint density at radius 3 is 2.93 bits per heavy atom. The minimum absolute atomic E-state index is 0.165. The van der Waals surface area contributed by atoms with Gasteiger partial charge in [-0.2, -0.15) is 0 Å². The molecule has 0 spiro atoms. The van der Waals surface area contributed by atoms with Crippen molar-refractivity contribution in [3.63, 3.8) is 0 Å². The van der Waals surface area contributed by atoms with Crippen molar-refractivity contribution in [2.24, 2.45) is 0 Å². The summed E-state index contributed by atoms with van der Waals surface area (Å²) in [6.07, 6.45) is 2.17. The molecule has 2 aromatic heterocycles. The molecule has 0 aromatic carbocycles. The number of aromatic carboxylic acids is 1. The maximum atomic E-state index is 10.5. The third-order valence-corrected chi connectivity index (χ3v) is 1.90. The third-order valence-electron chi connectivity index (χ3n) is 1.90. The number of aryl methyl sites for hydroxylation is 1. The predicted molar refractivity (Wildman–Crippen MR) is 48.3 cm³/mol. The van der Waals surface area contributed by atoms with Gasteiger partial charge in [0.25, 0.3) is 5.89 Å². The summed E-state index contributed by atoms with van der Waals surface area (Å²) in [6.45, 7) is 1.91. The molecule has 0 bridgehead atoms. The first-order valence-electron chi connectivity index (χ1n) is 4.36. The third kappa shape index (κ3) is 1.61. The number of furan rings is 1. The van der Waals surface area contributed by atoms with E-state index >= 15 is 0 Å². The maximum Gasteiger partial charge on any atom is 0.393 e. The Morgan fingerprint density at radius 2 is 2.33 bits per heavy atom. The van der Waals surface area contributed by atoms with Crippen molar-refractivity contribution in [3.8, 4) is 11.5 Å². The molecule has 0 aliphatic carbocycles. The molecule has 78 valence electrons. The Labute approximate surface area is 84.5 Å². The van der Waals surface area contributed by atoms with E-state index in [9.17, 15) is 4.79 Å². The molecule has 2 aromatic rings. The van der Waals surface area contributed by atoms with Gasteiger partial charge in [0.15, 0.2) is 0 Å². The monoisotopic (exact) mass is 208 g/mol. The van der Waals surface area contributed by atoms with Crippen LogP contribution in [-0.2, 0) is 6.42 Å². The highest BCUT2D eigenvalue weighted by atomic mass is 16.4. The molecule has 0 unspecified atom stereocenters. The Morgan fingerprint density at radius 1 is 1.53 bits per heavy atom. The lowest BCUT2D eigenvalue weighted by molar-refractivity contribution is 0.0654. The highest BCUT2D eigenvalue weighted by molar-refractivity contribution is 5.82. The highest BCUT2D eigenvalue weighted by Gasteiger charge is 2.17. The number of carboxylic acids is 1. The Hall–Kier alpha value is -2.11. The number of rotatable bonds is 3. The van der Waals surface area contributed by atoms with Gasteiger partial charge in [-0.25, -0.2) is 4.79 Å². The van der Waals surface area contributed by atoms with Crippen LogP contribution in [0.4, 0.5) is 0 Å². The zero-order valence-corrected chi connectivity index (χ0v) is 7.93. The quantitative estimate of drug-likeness (QED) is 0.823. The van der Waals surface area contributed by atoms with Crippen molar-refractivity contribution in [2.75, 3.05) is 0 Å². The van der Waals surface area contributed by atoms with Crippen LogP contribution < -0.4 is 0 Å². The van der Waals surface area contributed by atoms with Crippen molar-refractivity contribution in [1.82, 2.24) is 10.2 Å². The maximum absolute atomic E-state index is 10.5. The van der Waals surface area contributed by atoms with Crippen molar-refractivity contribution >= 4 is 5.97 Å².